The van der Waals surface area contributed by atoms with Crippen molar-refractivity contribution in [3.05, 3.63) is 122 Å². The second-order valence-electron chi connectivity index (χ2n) is 9.61. The van der Waals surface area contributed by atoms with Crippen molar-refractivity contribution in [2.75, 3.05) is 10.6 Å². The van der Waals surface area contributed by atoms with Crippen LogP contribution in [-0.4, -0.2) is 21.7 Å². The largest absolute Gasteiger partial charge is 0.322 e. The second-order valence-corrected chi connectivity index (χ2v) is 12.3. The lowest BCUT2D eigenvalue weighted by Gasteiger charge is -2.09. The number of anilines is 2. The van der Waals surface area contributed by atoms with Gasteiger partial charge >= 0.3 is 0 Å². The molecule has 0 radical (unpaired) electrons. The summed E-state index contributed by atoms with van der Waals surface area (Å²) in [4.78, 5) is 41.8. The molecular formula is C32H22ClN5O4S2. The molecule has 218 valence electrons. The summed E-state index contributed by atoms with van der Waals surface area (Å²) < 4.78 is 1.37. The number of benzene rings is 4. The summed E-state index contributed by atoms with van der Waals surface area (Å²) in [6.07, 6.45) is 1.29. The number of nitriles is 1. The summed E-state index contributed by atoms with van der Waals surface area (Å²) in [5, 5.41) is 27.6. The van der Waals surface area contributed by atoms with Gasteiger partial charge in [0.1, 0.15) is 11.6 Å². The van der Waals surface area contributed by atoms with Crippen LogP contribution in [-0.2, 0) is 4.79 Å². The van der Waals surface area contributed by atoms with Crippen LogP contribution in [0, 0.1) is 35.3 Å². The number of carbonyl (C=O) groups is 2. The standard InChI is InChI=1S/C32H22ClN5O4S2/c1-18-6-9-21(10-7-18)30(39)35-23-11-12-26-29(16-23)44-32(37-26)43-28-13-8-20(15-27(28)38(41)42)14-22(17-34)31(40)36-25-5-3-4-24(33)19(25)2/h3-16H,1-2H3,(H,35,39)(H,36,40)/b22-14+. The number of nitro groups is 1. The van der Waals surface area contributed by atoms with Crippen LogP contribution in [0.2, 0.25) is 5.02 Å². The van der Waals surface area contributed by atoms with E-state index in [9.17, 15) is 25.0 Å². The van der Waals surface area contributed by atoms with Crippen LogP contribution in [0.1, 0.15) is 27.0 Å². The Bertz CT molecular complexity index is 2020. The maximum atomic E-state index is 12.8. The van der Waals surface area contributed by atoms with Gasteiger partial charge in [-0.25, -0.2) is 4.98 Å². The molecule has 0 aliphatic rings. The number of carbonyl (C=O) groups excluding carboxylic acids is 2. The molecule has 0 saturated carbocycles. The lowest BCUT2D eigenvalue weighted by Crippen LogP contribution is -2.14. The first kappa shape index (κ1) is 30.4. The number of nitro benzene ring substituents is 1. The number of halogens is 1. The molecule has 0 saturated heterocycles. The zero-order valence-electron chi connectivity index (χ0n) is 23.3. The minimum absolute atomic E-state index is 0.197. The number of hydrogen-bond acceptors (Lipinski definition) is 8. The maximum Gasteiger partial charge on any atom is 0.283 e. The zero-order valence-corrected chi connectivity index (χ0v) is 25.6. The van der Waals surface area contributed by atoms with E-state index in [2.05, 4.69) is 15.6 Å². The zero-order chi connectivity index (χ0) is 31.4. The Kier molecular flexibility index (Phi) is 9.06. The van der Waals surface area contributed by atoms with Gasteiger partial charge < -0.3 is 10.6 Å². The second kappa shape index (κ2) is 13.1. The first-order valence-electron chi connectivity index (χ1n) is 13.0. The molecule has 2 amide bonds. The van der Waals surface area contributed by atoms with Crippen molar-refractivity contribution in [1.29, 1.82) is 5.26 Å². The van der Waals surface area contributed by atoms with E-state index in [0.29, 0.717) is 47.8 Å². The smallest absolute Gasteiger partial charge is 0.283 e. The third kappa shape index (κ3) is 6.95. The molecule has 0 fully saturated rings. The number of rotatable bonds is 8. The number of nitrogens with zero attached hydrogens (tertiary/aromatic N) is 3. The average Bonchev–Trinajstić information content (AvgIpc) is 3.40. The highest BCUT2D eigenvalue weighted by atomic mass is 35.5. The summed E-state index contributed by atoms with van der Waals surface area (Å²) in [5.41, 5.74) is 3.89. The Morgan fingerprint density at radius 1 is 1.05 bits per heavy atom. The monoisotopic (exact) mass is 639 g/mol. The van der Waals surface area contributed by atoms with Gasteiger partial charge in [0, 0.05) is 28.0 Å². The van der Waals surface area contributed by atoms with Crippen LogP contribution in [0.4, 0.5) is 17.1 Å². The molecule has 0 atom stereocenters. The molecule has 1 heterocycles. The summed E-state index contributed by atoms with van der Waals surface area (Å²) in [6.45, 7) is 3.69. The van der Waals surface area contributed by atoms with E-state index in [4.69, 9.17) is 11.6 Å². The van der Waals surface area contributed by atoms with Crippen molar-refractivity contribution in [3.63, 3.8) is 0 Å². The van der Waals surface area contributed by atoms with Gasteiger partial charge in [0.25, 0.3) is 17.5 Å². The number of aryl methyl sites for hydroxylation is 1. The minimum atomic E-state index is -0.664. The molecule has 2 N–H and O–H groups in total. The Morgan fingerprint density at radius 2 is 1.82 bits per heavy atom. The highest BCUT2D eigenvalue weighted by Crippen LogP contribution is 2.40. The summed E-state index contributed by atoms with van der Waals surface area (Å²) in [7, 11) is 0. The van der Waals surface area contributed by atoms with Gasteiger partial charge in [0.15, 0.2) is 4.34 Å². The van der Waals surface area contributed by atoms with Crippen molar-refractivity contribution >= 4 is 79.9 Å². The highest BCUT2D eigenvalue weighted by molar-refractivity contribution is 8.01. The predicted molar refractivity (Wildman–Crippen MR) is 174 cm³/mol. The molecule has 44 heavy (non-hydrogen) atoms. The van der Waals surface area contributed by atoms with Crippen molar-refractivity contribution in [1.82, 2.24) is 4.98 Å². The van der Waals surface area contributed by atoms with Crippen molar-refractivity contribution in [2.45, 2.75) is 23.1 Å². The van der Waals surface area contributed by atoms with E-state index in [0.717, 1.165) is 22.0 Å². The highest BCUT2D eigenvalue weighted by Gasteiger charge is 2.19. The molecule has 0 bridgehead atoms. The van der Waals surface area contributed by atoms with Crippen LogP contribution < -0.4 is 10.6 Å². The first-order chi connectivity index (χ1) is 21.1. The molecule has 0 spiro atoms. The summed E-state index contributed by atoms with van der Waals surface area (Å²) in [5.74, 6) is -0.896. The fourth-order valence-corrected chi connectivity index (χ4v) is 6.45. The van der Waals surface area contributed by atoms with E-state index in [1.807, 2.05) is 31.2 Å². The van der Waals surface area contributed by atoms with Crippen LogP contribution in [0.3, 0.4) is 0 Å². The quantitative estimate of drug-likeness (QED) is 0.0752. The normalized spacial score (nSPS) is 11.2. The lowest BCUT2D eigenvalue weighted by atomic mass is 10.1. The molecule has 0 aliphatic carbocycles. The van der Waals surface area contributed by atoms with Crippen molar-refractivity contribution in [2.24, 2.45) is 0 Å². The van der Waals surface area contributed by atoms with Crippen LogP contribution >= 0.6 is 34.7 Å². The molecule has 9 nitrogen and oxygen atoms in total. The van der Waals surface area contributed by atoms with Gasteiger partial charge in [0.2, 0.25) is 0 Å². The number of thiazole rings is 1. The maximum absolute atomic E-state index is 12.8. The van der Waals surface area contributed by atoms with E-state index in [1.54, 1.807) is 61.5 Å². The fraction of sp³-hybridized carbons (Fsp3) is 0.0625. The predicted octanol–water partition coefficient (Wildman–Crippen LogP) is 8.42. The van der Waals surface area contributed by atoms with Gasteiger partial charge in [-0.05, 0) is 79.6 Å². The molecule has 4 aromatic carbocycles. The van der Waals surface area contributed by atoms with Crippen LogP contribution in [0.5, 0.6) is 0 Å². The minimum Gasteiger partial charge on any atom is -0.322 e. The average molecular weight is 640 g/mol. The van der Waals surface area contributed by atoms with Crippen LogP contribution in [0.15, 0.2) is 93.7 Å². The van der Waals surface area contributed by atoms with E-state index < -0.39 is 10.8 Å². The number of fused-ring (bicyclic) bond motifs is 1. The van der Waals surface area contributed by atoms with Gasteiger partial charge in [-0.3, -0.25) is 19.7 Å². The summed E-state index contributed by atoms with van der Waals surface area (Å²) >= 11 is 8.59. The molecule has 5 rings (SSSR count). The van der Waals surface area contributed by atoms with Crippen LogP contribution in [0.25, 0.3) is 16.3 Å². The van der Waals surface area contributed by atoms with Crippen molar-refractivity contribution < 1.29 is 14.5 Å². The number of nitrogens with one attached hydrogen (secondary N) is 2. The Morgan fingerprint density at radius 3 is 2.55 bits per heavy atom. The fourth-order valence-electron chi connectivity index (χ4n) is 4.13. The molecule has 0 unspecified atom stereocenters. The molecule has 1 aromatic heterocycles. The Balaban J connectivity index is 1.34. The number of amides is 2. The molecular weight excluding hydrogens is 618 g/mol. The summed E-state index contributed by atoms with van der Waals surface area (Å²) in [6, 6.07) is 23.9. The van der Waals surface area contributed by atoms with Gasteiger partial charge in [0.05, 0.1) is 20.0 Å². The van der Waals surface area contributed by atoms with E-state index in [-0.39, 0.29) is 17.2 Å². The molecule has 12 heteroatoms. The van der Waals surface area contributed by atoms with Gasteiger partial charge in [-0.1, -0.05) is 53.2 Å². The third-order valence-electron chi connectivity index (χ3n) is 6.51. The number of aromatic nitrogens is 1. The SMILES string of the molecule is Cc1ccc(C(=O)Nc2ccc3nc(Sc4ccc(/C=C(\C#N)C(=O)Nc5cccc(Cl)c5C)cc4[N+](=O)[O-])sc3c2)cc1. The van der Waals surface area contributed by atoms with Gasteiger partial charge in [-0.15, -0.1) is 11.3 Å². The number of hydrogen-bond donors (Lipinski definition) is 2. The van der Waals surface area contributed by atoms with Gasteiger partial charge in [-0.2, -0.15) is 5.26 Å². The molecule has 0 aliphatic heterocycles. The van der Waals surface area contributed by atoms with Crippen molar-refractivity contribution in [3.8, 4) is 6.07 Å². The molecule has 5 aromatic rings. The Hall–Kier alpha value is -5.02. The van der Waals surface area contributed by atoms with E-state index in [1.165, 1.54) is 23.5 Å². The third-order valence-corrected chi connectivity index (χ3v) is 9.06. The Labute approximate surface area is 265 Å². The van der Waals surface area contributed by atoms with E-state index >= 15 is 0 Å². The lowest BCUT2D eigenvalue weighted by molar-refractivity contribution is -0.387. The topological polar surface area (TPSA) is 138 Å². The first-order valence-corrected chi connectivity index (χ1v) is 15.1.